The molecule has 8 nitrogen and oxygen atoms in total. The van der Waals surface area contributed by atoms with Gasteiger partial charge >= 0.3 is 5.97 Å². The van der Waals surface area contributed by atoms with Gasteiger partial charge in [0.15, 0.2) is 0 Å². The molecule has 1 N–H and O–H groups in total. The summed E-state index contributed by atoms with van der Waals surface area (Å²) >= 11 is 0. The minimum atomic E-state index is -1.17. The van der Waals surface area contributed by atoms with Crippen LogP contribution in [0.4, 0.5) is 0 Å². The van der Waals surface area contributed by atoms with Gasteiger partial charge in [-0.2, -0.15) is 0 Å². The number of nitrogens with zero attached hydrogens (tertiary/aromatic N) is 2. The number of carbonyl (C=O) groups is 3. The van der Waals surface area contributed by atoms with Crippen LogP contribution < -0.4 is 0 Å². The predicted octanol–water partition coefficient (Wildman–Crippen LogP) is 5.29. The van der Waals surface area contributed by atoms with Crippen molar-refractivity contribution in [2.24, 2.45) is 23.2 Å². The van der Waals surface area contributed by atoms with E-state index in [2.05, 4.69) is 47.8 Å². The summed E-state index contributed by atoms with van der Waals surface area (Å²) < 4.78 is 12.7. The fraction of sp³-hybridized carbons (Fsp3) is 0.794. The molecule has 0 aromatic carbocycles. The molecule has 2 bridgehead atoms. The first-order valence-corrected chi connectivity index (χ1v) is 15.9. The van der Waals surface area contributed by atoms with Crippen molar-refractivity contribution >= 4 is 17.8 Å². The van der Waals surface area contributed by atoms with Gasteiger partial charge in [0, 0.05) is 12.1 Å². The number of ether oxygens (including phenoxy) is 2. The second-order valence-electron chi connectivity index (χ2n) is 14.6. The molecule has 1 spiro atoms. The van der Waals surface area contributed by atoms with Crippen LogP contribution in [0.2, 0.25) is 0 Å². The van der Waals surface area contributed by atoms with Gasteiger partial charge in [-0.25, -0.2) is 0 Å². The molecule has 0 aromatic heterocycles. The Balaban J connectivity index is 2.17. The molecule has 0 saturated carbocycles. The van der Waals surface area contributed by atoms with E-state index in [0.717, 1.165) is 12.8 Å². The fourth-order valence-corrected chi connectivity index (χ4v) is 8.26. The topological polar surface area (TPSA) is 96.4 Å². The van der Waals surface area contributed by atoms with Crippen LogP contribution in [0, 0.1) is 23.2 Å². The Kier molecular flexibility index (Phi) is 10.5. The van der Waals surface area contributed by atoms with Gasteiger partial charge in [0.05, 0.1) is 30.8 Å². The van der Waals surface area contributed by atoms with E-state index >= 15 is 0 Å². The number of aliphatic hydroxyl groups is 1. The summed E-state index contributed by atoms with van der Waals surface area (Å²) in [6.45, 7) is 24.5. The molecule has 2 amide bonds. The first kappa shape index (κ1) is 34.3. The van der Waals surface area contributed by atoms with Crippen LogP contribution in [0.3, 0.4) is 0 Å². The van der Waals surface area contributed by atoms with Crippen molar-refractivity contribution in [1.29, 1.82) is 0 Å². The van der Waals surface area contributed by atoms with Crippen LogP contribution in [0.15, 0.2) is 25.3 Å². The highest BCUT2D eigenvalue weighted by Crippen LogP contribution is 2.65. The zero-order valence-electron chi connectivity index (χ0n) is 27.4. The van der Waals surface area contributed by atoms with Gasteiger partial charge in [0.25, 0.3) is 0 Å². The molecule has 0 radical (unpaired) electrons. The molecule has 3 saturated heterocycles. The molecule has 3 fully saturated rings. The van der Waals surface area contributed by atoms with Gasteiger partial charge < -0.3 is 24.4 Å². The predicted molar refractivity (Wildman–Crippen MR) is 164 cm³/mol. The molecule has 2 unspecified atom stereocenters. The Bertz CT molecular complexity index is 1030. The minimum absolute atomic E-state index is 0.0609. The second-order valence-corrected chi connectivity index (χ2v) is 14.6. The Morgan fingerprint density at radius 3 is 2.38 bits per heavy atom. The number of unbranched alkanes of at least 4 members (excludes halogenated alkanes) is 1. The van der Waals surface area contributed by atoms with Crippen LogP contribution in [-0.4, -0.2) is 81.3 Å². The zero-order chi connectivity index (χ0) is 31.7. The lowest BCUT2D eigenvalue weighted by Crippen LogP contribution is -2.63. The van der Waals surface area contributed by atoms with E-state index in [-0.39, 0.29) is 36.4 Å². The Morgan fingerprint density at radius 2 is 1.86 bits per heavy atom. The normalized spacial score (nSPS) is 30.2. The highest BCUT2D eigenvalue weighted by molar-refractivity contribution is 5.99. The van der Waals surface area contributed by atoms with E-state index in [9.17, 15) is 19.5 Å². The number of likely N-dealkylation sites (tertiary alicyclic amines) is 1. The minimum Gasteiger partial charge on any atom is -0.465 e. The highest BCUT2D eigenvalue weighted by atomic mass is 16.6. The molecule has 3 aliphatic heterocycles. The number of hydrogen-bond acceptors (Lipinski definition) is 6. The summed E-state index contributed by atoms with van der Waals surface area (Å²) in [4.78, 5) is 46.8. The largest absolute Gasteiger partial charge is 0.465 e. The summed E-state index contributed by atoms with van der Waals surface area (Å²) in [5, 5.41) is 10.7. The van der Waals surface area contributed by atoms with Crippen molar-refractivity contribution in [2.75, 3.05) is 19.8 Å². The van der Waals surface area contributed by atoms with Crippen molar-refractivity contribution < 1.29 is 29.0 Å². The van der Waals surface area contributed by atoms with Crippen LogP contribution in [-0.2, 0) is 23.9 Å². The van der Waals surface area contributed by atoms with E-state index in [1.807, 2.05) is 25.7 Å². The Morgan fingerprint density at radius 1 is 1.19 bits per heavy atom. The zero-order valence-corrected chi connectivity index (χ0v) is 27.4. The number of hydrogen-bond donors (Lipinski definition) is 1. The van der Waals surface area contributed by atoms with Crippen molar-refractivity contribution in [3.63, 3.8) is 0 Å². The lowest BCUT2D eigenvalue weighted by atomic mass is 9.65. The quantitative estimate of drug-likeness (QED) is 0.159. The van der Waals surface area contributed by atoms with Crippen LogP contribution >= 0.6 is 0 Å². The van der Waals surface area contributed by atoms with Gasteiger partial charge in [0.1, 0.15) is 17.6 Å². The van der Waals surface area contributed by atoms with Gasteiger partial charge in [-0.15, -0.1) is 13.2 Å². The number of fused-ring (bicyclic) bond motifs is 1. The molecule has 3 rings (SSSR count). The average Bonchev–Trinajstić information content (AvgIpc) is 3.52. The number of rotatable bonds is 15. The first-order valence-electron chi connectivity index (χ1n) is 15.9. The average molecular weight is 589 g/mol. The third-order valence-electron chi connectivity index (χ3n) is 10.0. The third-order valence-corrected chi connectivity index (χ3v) is 10.0. The molecule has 0 aliphatic carbocycles. The third kappa shape index (κ3) is 5.95. The summed E-state index contributed by atoms with van der Waals surface area (Å²) in [5.41, 5.74) is -2.65. The van der Waals surface area contributed by atoms with Crippen LogP contribution in [0.5, 0.6) is 0 Å². The van der Waals surface area contributed by atoms with E-state index in [1.54, 1.807) is 17.1 Å². The molecule has 42 heavy (non-hydrogen) atoms. The number of allylic oxidation sites excluding steroid dienone is 1. The van der Waals surface area contributed by atoms with Crippen LogP contribution in [0.1, 0.15) is 100 Å². The first-order chi connectivity index (χ1) is 19.6. The summed E-state index contributed by atoms with van der Waals surface area (Å²) in [6.07, 6.45) is 7.92. The van der Waals surface area contributed by atoms with Crippen molar-refractivity contribution in [3.8, 4) is 0 Å². The van der Waals surface area contributed by atoms with E-state index in [4.69, 9.17) is 9.47 Å². The Labute approximate surface area is 253 Å². The van der Waals surface area contributed by atoms with Crippen LogP contribution in [0.25, 0.3) is 0 Å². The molecule has 0 aromatic rings. The molecular weight excluding hydrogens is 532 g/mol. The van der Waals surface area contributed by atoms with Gasteiger partial charge in [-0.1, -0.05) is 60.1 Å². The molecule has 3 heterocycles. The van der Waals surface area contributed by atoms with Gasteiger partial charge in [0.2, 0.25) is 11.8 Å². The maximum absolute atomic E-state index is 15.0. The molecule has 238 valence electrons. The fourth-order valence-electron chi connectivity index (χ4n) is 8.26. The maximum atomic E-state index is 15.0. The molecule has 8 heteroatoms. The van der Waals surface area contributed by atoms with Gasteiger partial charge in [-0.3, -0.25) is 14.4 Å². The SMILES string of the molecule is C=CCCCOC(=O)[C@H]1[C@H]2C(=O)N([C@@H](CO)[C@@H](C)CC)C(C(=O)N(CC=C)C(C)(C)CC(C)(C)C)C23CC[C@]1(CC)O3. The number of carbonyl (C=O) groups excluding carboxylic acids is 3. The number of esters is 1. The monoisotopic (exact) mass is 588 g/mol. The summed E-state index contributed by atoms with van der Waals surface area (Å²) in [7, 11) is 0. The Hall–Kier alpha value is -2.19. The molecular formula is C34H56N2O6. The lowest BCUT2D eigenvalue weighted by Gasteiger charge is -2.47. The second kappa shape index (κ2) is 12.8. The van der Waals surface area contributed by atoms with Crippen molar-refractivity contribution in [2.45, 2.75) is 129 Å². The lowest BCUT2D eigenvalue weighted by molar-refractivity contribution is -0.166. The molecule has 7 atom stereocenters. The van der Waals surface area contributed by atoms with Gasteiger partial charge in [-0.05, 0) is 63.7 Å². The van der Waals surface area contributed by atoms with Crippen molar-refractivity contribution in [1.82, 2.24) is 9.80 Å². The standard InChI is InChI=1S/C34H56N2O6/c1-11-15-16-20-41-30(40)26-25-28(38)36(24(21-37)23(5)13-3)27(34(25)18-17-33(26,14-4)42-34)29(39)35(19-12-2)32(9,10)22-31(6,7)8/h11-12,23-27,37H,1-2,13-22H2,3-10H3/t23-,24-,25-,26+,27?,33-,34?/m0/s1. The number of aliphatic hydroxyl groups excluding tert-OH is 1. The smallest absolute Gasteiger partial charge is 0.312 e. The molecule has 3 aliphatic rings. The van der Waals surface area contributed by atoms with E-state index < -0.39 is 46.6 Å². The van der Waals surface area contributed by atoms with Crippen molar-refractivity contribution in [3.05, 3.63) is 25.3 Å². The summed E-state index contributed by atoms with van der Waals surface area (Å²) in [6, 6.07) is -1.55. The number of amides is 2. The summed E-state index contributed by atoms with van der Waals surface area (Å²) in [5.74, 6) is -2.66. The maximum Gasteiger partial charge on any atom is 0.312 e. The van der Waals surface area contributed by atoms with E-state index in [0.29, 0.717) is 38.6 Å². The van der Waals surface area contributed by atoms with E-state index in [1.165, 1.54) is 0 Å². The highest BCUT2D eigenvalue weighted by Gasteiger charge is 2.80.